The Morgan fingerprint density at radius 1 is 1.05 bits per heavy atom. The van der Waals surface area contributed by atoms with Crippen molar-refractivity contribution in [3.05, 3.63) is 51.9 Å². The highest BCUT2D eigenvalue weighted by molar-refractivity contribution is 6.08. The van der Waals surface area contributed by atoms with Gasteiger partial charge >= 0.3 is 5.63 Å². The third-order valence-corrected chi connectivity index (χ3v) is 3.96. The Balaban J connectivity index is 2.34. The molecule has 0 bridgehead atoms. The van der Waals surface area contributed by atoms with E-state index in [9.17, 15) is 9.90 Å². The van der Waals surface area contributed by atoms with Crippen LogP contribution in [0.25, 0.3) is 21.7 Å². The maximum absolute atomic E-state index is 12.0. The Morgan fingerprint density at radius 2 is 1.95 bits per heavy atom. The normalized spacial score (nSPS) is 14.1. The number of phenols is 1. The Morgan fingerprint density at radius 3 is 2.84 bits per heavy atom. The van der Waals surface area contributed by atoms with E-state index in [-0.39, 0.29) is 11.1 Å². The molecule has 3 nitrogen and oxygen atoms in total. The zero-order chi connectivity index (χ0) is 13.0. The number of hydrogen-bond donors (Lipinski definition) is 1. The molecule has 3 aromatic rings. The summed E-state index contributed by atoms with van der Waals surface area (Å²) in [6, 6.07) is 9.08. The highest BCUT2D eigenvalue weighted by atomic mass is 16.4. The average Bonchev–Trinajstić information content (AvgIpc) is 2.86. The Labute approximate surface area is 109 Å². The highest BCUT2D eigenvalue weighted by Gasteiger charge is 2.19. The van der Waals surface area contributed by atoms with Gasteiger partial charge in [0, 0.05) is 10.8 Å². The Kier molecular flexibility index (Phi) is 2.01. The topological polar surface area (TPSA) is 50.4 Å². The minimum atomic E-state index is -0.474. The first-order chi connectivity index (χ1) is 9.25. The molecular formula is C16H12O3. The molecule has 94 valence electrons. The zero-order valence-corrected chi connectivity index (χ0v) is 10.3. The van der Waals surface area contributed by atoms with Crippen molar-refractivity contribution in [2.75, 3.05) is 0 Å². The Hall–Kier alpha value is -2.29. The van der Waals surface area contributed by atoms with Crippen LogP contribution in [-0.4, -0.2) is 5.11 Å². The largest absolute Gasteiger partial charge is 0.507 e. The zero-order valence-electron chi connectivity index (χ0n) is 10.3. The number of aromatic hydroxyl groups is 1. The van der Waals surface area contributed by atoms with Crippen LogP contribution in [0.5, 0.6) is 5.75 Å². The van der Waals surface area contributed by atoms with E-state index in [1.54, 1.807) is 6.07 Å². The fourth-order valence-electron chi connectivity index (χ4n) is 3.14. The molecular weight excluding hydrogens is 240 g/mol. The number of benzene rings is 2. The van der Waals surface area contributed by atoms with Gasteiger partial charge in [0.1, 0.15) is 16.7 Å². The smallest absolute Gasteiger partial charge is 0.347 e. The van der Waals surface area contributed by atoms with E-state index in [4.69, 9.17) is 4.42 Å². The maximum atomic E-state index is 12.0. The summed E-state index contributed by atoms with van der Waals surface area (Å²) in [4.78, 5) is 12.0. The van der Waals surface area contributed by atoms with E-state index in [0.29, 0.717) is 5.58 Å². The minimum Gasteiger partial charge on any atom is -0.507 e. The lowest BCUT2D eigenvalue weighted by Gasteiger charge is -2.08. The van der Waals surface area contributed by atoms with Gasteiger partial charge < -0.3 is 9.52 Å². The van der Waals surface area contributed by atoms with Gasteiger partial charge in [-0.3, -0.25) is 0 Å². The van der Waals surface area contributed by atoms with E-state index >= 15 is 0 Å². The molecule has 4 rings (SSSR count). The molecule has 0 radical (unpaired) electrons. The van der Waals surface area contributed by atoms with Gasteiger partial charge in [0.2, 0.25) is 0 Å². The van der Waals surface area contributed by atoms with Crippen molar-refractivity contribution in [3.8, 4) is 5.75 Å². The van der Waals surface area contributed by atoms with Gasteiger partial charge in [-0.15, -0.1) is 0 Å². The number of phenolic OH excluding ortho intramolecular Hbond substituents is 1. The predicted octanol–water partition coefficient (Wildman–Crippen LogP) is 3.14. The molecule has 1 aliphatic rings. The third-order valence-electron chi connectivity index (χ3n) is 3.96. The van der Waals surface area contributed by atoms with Gasteiger partial charge in [-0.1, -0.05) is 18.2 Å². The molecule has 0 saturated carbocycles. The van der Waals surface area contributed by atoms with Crippen molar-refractivity contribution < 1.29 is 9.52 Å². The molecule has 2 aromatic carbocycles. The summed E-state index contributed by atoms with van der Waals surface area (Å²) >= 11 is 0. The van der Waals surface area contributed by atoms with E-state index < -0.39 is 5.63 Å². The summed E-state index contributed by atoms with van der Waals surface area (Å²) in [6.45, 7) is 0. The first-order valence-electron chi connectivity index (χ1n) is 6.45. The van der Waals surface area contributed by atoms with Gasteiger partial charge in [-0.25, -0.2) is 4.79 Å². The summed E-state index contributed by atoms with van der Waals surface area (Å²) in [5.74, 6) is -0.0104. The van der Waals surface area contributed by atoms with Crippen LogP contribution in [0, 0.1) is 0 Å². The highest BCUT2D eigenvalue weighted by Crippen LogP contribution is 2.35. The van der Waals surface area contributed by atoms with Crippen molar-refractivity contribution in [1.29, 1.82) is 0 Å². The maximum Gasteiger partial charge on any atom is 0.347 e. The van der Waals surface area contributed by atoms with E-state index in [2.05, 4.69) is 0 Å². The van der Waals surface area contributed by atoms with Crippen LogP contribution in [0.4, 0.5) is 0 Å². The summed E-state index contributed by atoms with van der Waals surface area (Å²) in [7, 11) is 0. The van der Waals surface area contributed by atoms with Crippen LogP contribution in [0.2, 0.25) is 0 Å². The Bertz CT molecular complexity index is 874. The predicted molar refractivity (Wildman–Crippen MR) is 73.7 cm³/mol. The number of rotatable bonds is 0. The van der Waals surface area contributed by atoms with Crippen LogP contribution < -0.4 is 5.63 Å². The van der Waals surface area contributed by atoms with E-state index in [1.807, 2.05) is 18.2 Å². The third kappa shape index (κ3) is 1.35. The SMILES string of the molecule is O=c1oc2ccc3c(c2c2cccc(O)c12)CCC3. The van der Waals surface area contributed by atoms with E-state index in [0.717, 1.165) is 30.0 Å². The quantitative estimate of drug-likeness (QED) is 0.494. The minimum absolute atomic E-state index is 0.0104. The molecule has 0 atom stereocenters. The second-order valence-electron chi connectivity index (χ2n) is 5.02. The lowest BCUT2D eigenvalue weighted by atomic mass is 9.99. The molecule has 1 aliphatic carbocycles. The lowest BCUT2D eigenvalue weighted by molar-refractivity contribution is 0.477. The summed E-state index contributed by atoms with van der Waals surface area (Å²) in [6.07, 6.45) is 3.21. The molecule has 0 aliphatic heterocycles. The molecule has 3 heteroatoms. The van der Waals surface area contributed by atoms with Crippen molar-refractivity contribution in [3.63, 3.8) is 0 Å². The van der Waals surface area contributed by atoms with Gasteiger partial charge in [0.15, 0.2) is 0 Å². The van der Waals surface area contributed by atoms with Crippen LogP contribution in [0.1, 0.15) is 17.5 Å². The van der Waals surface area contributed by atoms with Crippen molar-refractivity contribution in [1.82, 2.24) is 0 Å². The molecule has 1 heterocycles. The van der Waals surface area contributed by atoms with Crippen LogP contribution >= 0.6 is 0 Å². The molecule has 0 unspecified atom stereocenters. The van der Waals surface area contributed by atoms with E-state index in [1.165, 1.54) is 17.2 Å². The molecule has 0 saturated heterocycles. The van der Waals surface area contributed by atoms with Crippen molar-refractivity contribution in [2.24, 2.45) is 0 Å². The summed E-state index contributed by atoms with van der Waals surface area (Å²) in [5.41, 5.74) is 2.73. The van der Waals surface area contributed by atoms with Gasteiger partial charge in [-0.05, 0) is 42.5 Å². The molecule has 1 N–H and O–H groups in total. The monoisotopic (exact) mass is 252 g/mol. The summed E-state index contributed by atoms with van der Waals surface area (Å²) < 4.78 is 5.37. The standard InChI is InChI=1S/C16H12O3/c17-12-6-2-5-11-14-10-4-1-3-9(10)7-8-13(14)19-16(18)15(11)12/h2,5-8,17H,1,3-4H2. The first-order valence-corrected chi connectivity index (χ1v) is 6.45. The number of fused-ring (bicyclic) bond motifs is 5. The molecule has 0 spiro atoms. The molecule has 0 amide bonds. The fourth-order valence-corrected chi connectivity index (χ4v) is 3.14. The van der Waals surface area contributed by atoms with Crippen LogP contribution in [0.15, 0.2) is 39.5 Å². The van der Waals surface area contributed by atoms with Crippen LogP contribution in [-0.2, 0) is 12.8 Å². The van der Waals surface area contributed by atoms with Gasteiger partial charge in [0.05, 0.1) is 0 Å². The van der Waals surface area contributed by atoms with Gasteiger partial charge in [0.25, 0.3) is 0 Å². The van der Waals surface area contributed by atoms with Gasteiger partial charge in [-0.2, -0.15) is 0 Å². The van der Waals surface area contributed by atoms with Crippen molar-refractivity contribution >= 4 is 21.7 Å². The molecule has 1 aromatic heterocycles. The fraction of sp³-hybridized carbons (Fsp3) is 0.188. The molecule has 0 fully saturated rings. The molecule has 19 heavy (non-hydrogen) atoms. The lowest BCUT2D eigenvalue weighted by Crippen LogP contribution is -2.01. The second-order valence-corrected chi connectivity index (χ2v) is 5.02. The summed E-state index contributed by atoms with van der Waals surface area (Å²) in [5, 5.41) is 12.0. The number of aryl methyl sites for hydroxylation is 2. The second kappa shape index (κ2) is 3.60. The number of hydrogen-bond acceptors (Lipinski definition) is 3. The van der Waals surface area contributed by atoms with Crippen molar-refractivity contribution in [2.45, 2.75) is 19.3 Å². The first kappa shape index (κ1) is 10.6. The average molecular weight is 252 g/mol. The van der Waals surface area contributed by atoms with Crippen LogP contribution in [0.3, 0.4) is 0 Å².